The molecule has 1 N–H and O–H groups in total. The van der Waals surface area contributed by atoms with Gasteiger partial charge in [-0.2, -0.15) is 0 Å². The van der Waals surface area contributed by atoms with Crippen LogP contribution in [0.15, 0.2) is 53.9 Å². The predicted molar refractivity (Wildman–Crippen MR) is 117 cm³/mol. The Bertz CT molecular complexity index is 1020. The van der Waals surface area contributed by atoms with Crippen LogP contribution in [0, 0.1) is 12.8 Å². The van der Waals surface area contributed by atoms with Crippen molar-refractivity contribution in [3.05, 3.63) is 70.0 Å². The second-order valence-electron chi connectivity index (χ2n) is 7.14. The normalized spacial score (nSPS) is 14.6. The van der Waals surface area contributed by atoms with Crippen molar-refractivity contribution in [1.82, 2.24) is 20.1 Å². The number of carbonyl (C=O) groups excluding carboxylic acids is 1. The number of nitrogens with one attached hydrogen (secondary N) is 1. The van der Waals surface area contributed by atoms with E-state index in [0.29, 0.717) is 21.1 Å². The van der Waals surface area contributed by atoms with E-state index < -0.39 is 0 Å². The third kappa shape index (κ3) is 4.94. The molecule has 0 saturated heterocycles. The number of hydrogen-bond donors (Lipinski definition) is 1. The maximum atomic E-state index is 12.6. The number of aromatic nitrogens is 3. The Morgan fingerprint density at radius 2 is 2.00 bits per heavy atom. The molecule has 29 heavy (non-hydrogen) atoms. The van der Waals surface area contributed by atoms with Crippen molar-refractivity contribution in [3.8, 4) is 5.69 Å². The fourth-order valence-electron chi connectivity index (χ4n) is 3.15. The highest BCUT2D eigenvalue weighted by Crippen LogP contribution is 2.41. The quantitative estimate of drug-likeness (QED) is 0.503. The first-order valence-corrected chi connectivity index (χ1v) is 11.1. The summed E-state index contributed by atoms with van der Waals surface area (Å²) in [5, 5.41) is 13.3. The lowest BCUT2D eigenvalue weighted by Crippen LogP contribution is -2.31. The molecule has 1 unspecified atom stereocenters. The number of aryl methyl sites for hydroxylation is 1. The Hall–Kier alpha value is -2.02. The van der Waals surface area contributed by atoms with Crippen LogP contribution in [0.3, 0.4) is 0 Å². The summed E-state index contributed by atoms with van der Waals surface area (Å²) in [6, 6.07) is 13.5. The van der Waals surface area contributed by atoms with Crippen molar-refractivity contribution >= 4 is 40.9 Å². The van der Waals surface area contributed by atoms with Gasteiger partial charge >= 0.3 is 0 Å². The third-order valence-corrected chi connectivity index (χ3v) is 6.52. The Labute approximate surface area is 183 Å². The molecule has 1 fully saturated rings. The topological polar surface area (TPSA) is 59.8 Å². The molecule has 2 aromatic carbocycles. The molecule has 1 amide bonds. The lowest BCUT2D eigenvalue weighted by atomic mass is 10.0. The molecule has 4 rings (SSSR count). The maximum absolute atomic E-state index is 12.6. The number of halogens is 2. The Balaban J connectivity index is 1.41. The first kappa shape index (κ1) is 20.3. The molecule has 1 atom stereocenters. The average Bonchev–Trinajstić information content (AvgIpc) is 3.45. The van der Waals surface area contributed by atoms with Gasteiger partial charge in [-0.1, -0.05) is 53.2 Å². The van der Waals surface area contributed by atoms with Gasteiger partial charge in [-0.25, -0.2) is 0 Å². The Morgan fingerprint density at radius 1 is 1.24 bits per heavy atom. The van der Waals surface area contributed by atoms with Crippen molar-refractivity contribution < 1.29 is 4.79 Å². The van der Waals surface area contributed by atoms with E-state index in [-0.39, 0.29) is 17.7 Å². The second-order valence-corrected chi connectivity index (χ2v) is 8.93. The first-order chi connectivity index (χ1) is 14.0. The number of rotatable bonds is 7. The molecular weight excluding hydrogens is 427 g/mol. The minimum atomic E-state index is -0.0293. The van der Waals surface area contributed by atoms with E-state index in [2.05, 4.69) is 15.5 Å². The van der Waals surface area contributed by atoms with Gasteiger partial charge in [0.2, 0.25) is 5.91 Å². The summed E-state index contributed by atoms with van der Waals surface area (Å²) in [5.74, 6) is 0.719. The van der Waals surface area contributed by atoms with Crippen LogP contribution >= 0.6 is 35.0 Å². The summed E-state index contributed by atoms with van der Waals surface area (Å²) < 4.78 is 1.83. The second kappa shape index (κ2) is 8.78. The van der Waals surface area contributed by atoms with Crippen molar-refractivity contribution in [3.63, 3.8) is 0 Å². The highest BCUT2D eigenvalue weighted by molar-refractivity contribution is 7.99. The zero-order valence-corrected chi connectivity index (χ0v) is 18.1. The van der Waals surface area contributed by atoms with E-state index in [1.165, 1.54) is 11.8 Å². The number of amides is 1. The van der Waals surface area contributed by atoms with Gasteiger partial charge in [0.05, 0.1) is 17.5 Å². The van der Waals surface area contributed by atoms with Gasteiger partial charge < -0.3 is 5.32 Å². The van der Waals surface area contributed by atoms with Crippen LogP contribution in [0.25, 0.3) is 5.69 Å². The molecule has 1 aliphatic carbocycles. The summed E-state index contributed by atoms with van der Waals surface area (Å²) in [6.45, 7) is 1.95. The number of hydrogen-bond acceptors (Lipinski definition) is 4. The third-order valence-electron chi connectivity index (χ3n) is 4.92. The van der Waals surface area contributed by atoms with E-state index in [0.717, 1.165) is 29.7 Å². The Morgan fingerprint density at radius 3 is 2.69 bits per heavy atom. The molecule has 1 aromatic heterocycles. The SMILES string of the molecule is Cc1ccc(-n2cnnc2SCC(=O)NC(c2ccc(Cl)cc2)C2CC2)cc1Cl. The van der Waals surface area contributed by atoms with Gasteiger partial charge in [0, 0.05) is 10.0 Å². The van der Waals surface area contributed by atoms with E-state index in [1.54, 1.807) is 6.33 Å². The van der Waals surface area contributed by atoms with Crippen LogP contribution in [0.1, 0.15) is 30.0 Å². The molecule has 5 nitrogen and oxygen atoms in total. The monoisotopic (exact) mass is 446 g/mol. The molecule has 8 heteroatoms. The molecule has 0 radical (unpaired) electrons. The molecule has 0 aliphatic heterocycles. The smallest absolute Gasteiger partial charge is 0.230 e. The number of carbonyl (C=O) groups is 1. The number of nitrogens with zero attached hydrogens (tertiary/aromatic N) is 3. The summed E-state index contributed by atoms with van der Waals surface area (Å²) in [6.07, 6.45) is 3.88. The van der Waals surface area contributed by atoms with E-state index in [1.807, 2.05) is 54.0 Å². The standard InChI is InChI=1S/C21H20Cl2N4OS/c1-13-2-9-17(10-18(13)23)27-12-24-26-21(27)29-11-19(28)25-20(14-3-4-14)15-5-7-16(22)8-6-15/h2,5-10,12,14,20H,3-4,11H2,1H3,(H,25,28). The zero-order chi connectivity index (χ0) is 20.4. The summed E-state index contributed by atoms with van der Waals surface area (Å²) in [4.78, 5) is 12.6. The number of benzene rings is 2. The van der Waals surface area contributed by atoms with E-state index >= 15 is 0 Å². The summed E-state index contributed by atoms with van der Waals surface area (Å²) >= 11 is 13.6. The molecule has 0 spiro atoms. The molecule has 150 valence electrons. The maximum Gasteiger partial charge on any atom is 0.230 e. The average molecular weight is 447 g/mol. The number of thioether (sulfide) groups is 1. The fraction of sp³-hybridized carbons (Fsp3) is 0.286. The van der Waals surface area contributed by atoms with Crippen LogP contribution in [0.5, 0.6) is 0 Å². The van der Waals surface area contributed by atoms with Gasteiger partial charge in [0.15, 0.2) is 5.16 Å². The van der Waals surface area contributed by atoms with Crippen LogP contribution < -0.4 is 5.32 Å². The molecular formula is C21H20Cl2N4OS. The molecule has 3 aromatic rings. The van der Waals surface area contributed by atoms with E-state index in [4.69, 9.17) is 23.2 Å². The molecule has 1 saturated carbocycles. The molecule has 1 heterocycles. The van der Waals surface area contributed by atoms with Crippen LogP contribution in [0.4, 0.5) is 0 Å². The first-order valence-electron chi connectivity index (χ1n) is 9.35. The predicted octanol–water partition coefficient (Wildman–Crippen LogP) is 5.24. The minimum Gasteiger partial charge on any atom is -0.348 e. The van der Waals surface area contributed by atoms with Gasteiger partial charge in [-0.15, -0.1) is 10.2 Å². The lowest BCUT2D eigenvalue weighted by Gasteiger charge is -2.19. The highest BCUT2D eigenvalue weighted by Gasteiger charge is 2.33. The van der Waals surface area contributed by atoms with Gasteiger partial charge in [0.25, 0.3) is 0 Å². The van der Waals surface area contributed by atoms with Gasteiger partial charge in [0.1, 0.15) is 6.33 Å². The van der Waals surface area contributed by atoms with Crippen LogP contribution in [-0.4, -0.2) is 26.4 Å². The minimum absolute atomic E-state index is 0.0224. The fourth-order valence-corrected chi connectivity index (χ4v) is 4.19. The zero-order valence-electron chi connectivity index (χ0n) is 15.8. The largest absolute Gasteiger partial charge is 0.348 e. The van der Waals surface area contributed by atoms with Crippen molar-refractivity contribution in [2.75, 3.05) is 5.75 Å². The lowest BCUT2D eigenvalue weighted by molar-refractivity contribution is -0.119. The molecule has 0 bridgehead atoms. The van der Waals surface area contributed by atoms with Crippen molar-refractivity contribution in [2.45, 2.75) is 31.0 Å². The van der Waals surface area contributed by atoms with E-state index in [9.17, 15) is 4.79 Å². The summed E-state index contributed by atoms with van der Waals surface area (Å²) in [5.41, 5.74) is 2.96. The Kier molecular flexibility index (Phi) is 6.13. The van der Waals surface area contributed by atoms with Crippen LogP contribution in [-0.2, 0) is 4.79 Å². The van der Waals surface area contributed by atoms with Gasteiger partial charge in [-0.3, -0.25) is 9.36 Å². The molecule has 1 aliphatic rings. The van der Waals surface area contributed by atoms with Crippen molar-refractivity contribution in [2.24, 2.45) is 5.92 Å². The van der Waals surface area contributed by atoms with Crippen molar-refractivity contribution in [1.29, 1.82) is 0 Å². The van der Waals surface area contributed by atoms with Gasteiger partial charge in [-0.05, 0) is 61.1 Å². The highest BCUT2D eigenvalue weighted by atomic mass is 35.5. The summed E-state index contributed by atoms with van der Waals surface area (Å²) in [7, 11) is 0. The van der Waals surface area contributed by atoms with Crippen LogP contribution in [0.2, 0.25) is 10.0 Å².